The Labute approximate surface area is 82.0 Å². The average molecular weight is 177 g/mol. The molecule has 0 saturated carbocycles. The average Bonchev–Trinajstić information content (AvgIpc) is 2.03. The molecule has 1 nitrogen and oxygen atoms in total. The van der Waals surface area contributed by atoms with E-state index in [4.69, 9.17) is 6.42 Å². The van der Waals surface area contributed by atoms with Gasteiger partial charge in [0.05, 0.1) is 5.70 Å². The van der Waals surface area contributed by atoms with Gasteiger partial charge in [-0.1, -0.05) is 33.6 Å². The zero-order valence-corrected chi connectivity index (χ0v) is 9.26. The smallest absolute Gasteiger partial charge is 0.0511 e. The first kappa shape index (κ1) is 12.0. The summed E-state index contributed by atoms with van der Waals surface area (Å²) in [5.41, 5.74) is 2.13. The lowest BCUT2D eigenvalue weighted by Gasteiger charge is -2.08. The molecule has 72 valence electrons. The van der Waals surface area contributed by atoms with E-state index in [0.29, 0.717) is 11.8 Å². The van der Waals surface area contributed by atoms with E-state index in [9.17, 15) is 0 Å². The highest BCUT2D eigenvalue weighted by Gasteiger charge is 2.03. The van der Waals surface area contributed by atoms with Crippen molar-refractivity contribution in [2.45, 2.75) is 34.6 Å². The van der Waals surface area contributed by atoms with Gasteiger partial charge in [-0.3, -0.25) is 4.99 Å². The van der Waals surface area contributed by atoms with Gasteiger partial charge in [-0.2, -0.15) is 0 Å². The molecule has 0 aromatic heterocycles. The highest BCUT2D eigenvalue weighted by atomic mass is 14.8. The third-order valence-corrected chi connectivity index (χ3v) is 1.96. The fraction of sp³-hybridized carbons (Fsp3) is 0.583. The number of aliphatic imine (C=N–C) groups is 1. The number of allylic oxidation sites excluding steroid dienone is 2. The minimum Gasteiger partial charge on any atom is -0.261 e. The molecule has 1 heteroatoms. The van der Waals surface area contributed by atoms with Gasteiger partial charge < -0.3 is 0 Å². The molecule has 0 aliphatic rings. The Morgan fingerprint density at radius 2 is 1.77 bits per heavy atom. The van der Waals surface area contributed by atoms with Crippen LogP contribution in [-0.2, 0) is 0 Å². The van der Waals surface area contributed by atoms with Crippen molar-refractivity contribution in [1.29, 1.82) is 0 Å². The second-order valence-corrected chi connectivity index (χ2v) is 3.80. The Morgan fingerprint density at radius 3 is 2.08 bits per heavy atom. The van der Waals surface area contributed by atoms with Crippen molar-refractivity contribution in [2.75, 3.05) is 0 Å². The largest absolute Gasteiger partial charge is 0.261 e. The van der Waals surface area contributed by atoms with Crippen molar-refractivity contribution in [3.63, 3.8) is 0 Å². The highest BCUT2D eigenvalue weighted by molar-refractivity contribution is 5.84. The summed E-state index contributed by atoms with van der Waals surface area (Å²) in [6.07, 6.45) is 6.97. The Hall–Kier alpha value is -1.03. The summed E-state index contributed by atoms with van der Waals surface area (Å²) in [4.78, 5) is 4.50. The van der Waals surface area contributed by atoms with Gasteiger partial charge >= 0.3 is 0 Å². The van der Waals surface area contributed by atoms with Crippen molar-refractivity contribution < 1.29 is 0 Å². The molecular formula is C12H19N. The quantitative estimate of drug-likeness (QED) is 0.463. The van der Waals surface area contributed by atoms with Crippen LogP contribution < -0.4 is 0 Å². The molecule has 0 aromatic carbocycles. The first-order valence-corrected chi connectivity index (χ1v) is 4.70. The normalized spacial score (nSPS) is 13.7. The van der Waals surface area contributed by atoms with E-state index < -0.39 is 0 Å². The maximum Gasteiger partial charge on any atom is 0.0511 e. The molecule has 0 heterocycles. The molecule has 0 saturated heterocycles. The van der Waals surface area contributed by atoms with Crippen LogP contribution in [-0.4, -0.2) is 5.71 Å². The molecule has 0 atom stereocenters. The van der Waals surface area contributed by atoms with E-state index in [1.54, 1.807) is 6.08 Å². The lowest BCUT2D eigenvalue weighted by molar-refractivity contribution is 0.751. The summed E-state index contributed by atoms with van der Waals surface area (Å²) < 4.78 is 0. The minimum atomic E-state index is 0.393. The van der Waals surface area contributed by atoms with Gasteiger partial charge in [-0.05, 0) is 18.8 Å². The predicted octanol–water partition coefficient (Wildman–Crippen LogP) is 3.28. The van der Waals surface area contributed by atoms with E-state index in [0.717, 1.165) is 11.4 Å². The van der Waals surface area contributed by atoms with Gasteiger partial charge in [0.15, 0.2) is 0 Å². The second kappa shape index (κ2) is 5.59. The summed E-state index contributed by atoms with van der Waals surface area (Å²) in [7, 11) is 0. The number of terminal acetylenes is 1. The molecule has 0 bridgehead atoms. The Kier molecular flexibility index (Phi) is 5.14. The Bertz CT molecular complexity index is 249. The van der Waals surface area contributed by atoms with E-state index in [1.165, 1.54) is 0 Å². The van der Waals surface area contributed by atoms with Crippen LogP contribution in [0.5, 0.6) is 0 Å². The summed E-state index contributed by atoms with van der Waals surface area (Å²) in [6, 6.07) is 0. The number of rotatable bonds is 3. The van der Waals surface area contributed by atoms with Gasteiger partial charge in [-0.25, -0.2) is 0 Å². The zero-order chi connectivity index (χ0) is 10.4. The van der Waals surface area contributed by atoms with Gasteiger partial charge in [0, 0.05) is 11.8 Å². The molecule has 0 aromatic rings. The van der Waals surface area contributed by atoms with Gasteiger partial charge in [0.1, 0.15) is 0 Å². The second-order valence-electron chi connectivity index (χ2n) is 3.80. The Morgan fingerprint density at radius 1 is 1.23 bits per heavy atom. The first-order valence-electron chi connectivity index (χ1n) is 4.70. The van der Waals surface area contributed by atoms with Crippen LogP contribution in [0.25, 0.3) is 0 Å². The molecule has 0 unspecified atom stereocenters. The topological polar surface area (TPSA) is 12.4 Å². The molecule has 13 heavy (non-hydrogen) atoms. The molecule has 0 N–H and O–H groups in total. The number of hydrogen-bond donors (Lipinski definition) is 0. The van der Waals surface area contributed by atoms with Crippen LogP contribution in [0.3, 0.4) is 0 Å². The maximum absolute atomic E-state index is 5.22. The van der Waals surface area contributed by atoms with Gasteiger partial charge in [0.2, 0.25) is 0 Å². The van der Waals surface area contributed by atoms with Crippen LogP contribution in [0, 0.1) is 24.2 Å². The fourth-order valence-corrected chi connectivity index (χ4v) is 0.746. The maximum atomic E-state index is 5.22. The summed E-state index contributed by atoms with van der Waals surface area (Å²) in [5.74, 6) is 3.40. The van der Waals surface area contributed by atoms with Crippen molar-refractivity contribution in [1.82, 2.24) is 0 Å². The SMILES string of the molecule is C#C/C=C(\N=C(C)C(C)C)C(C)C. The van der Waals surface area contributed by atoms with E-state index in [1.807, 2.05) is 6.92 Å². The van der Waals surface area contributed by atoms with Crippen LogP contribution >= 0.6 is 0 Å². The molecule has 0 aliphatic carbocycles. The third-order valence-electron chi connectivity index (χ3n) is 1.96. The lowest BCUT2D eigenvalue weighted by atomic mass is 10.1. The summed E-state index contributed by atoms with van der Waals surface area (Å²) in [6.45, 7) is 10.5. The monoisotopic (exact) mass is 177 g/mol. The van der Waals surface area contributed by atoms with Crippen LogP contribution in [0.4, 0.5) is 0 Å². The van der Waals surface area contributed by atoms with Crippen molar-refractivity contribution in [3.8, 4) is 12.3 Å². The van der Waals surface area contributed by atoms with Crippen molar-refractivity contribution in [3.05, 3.63) is 11.8 Å². The van der Waals surface area contributed by atoms with Crippen molar-refractivity contribution >= 4 is 5.71 Å². The fourth-order valence-electron chi connectivity index (χ4n) is 0.746. The summed E-state index contributed by atoms with van der Waals surface area (Å²) in [5, 5.41) is 0. The molecule has 0 amide bonds. The van der Waals surface area contributed by atoms with Crippen LogP contribution in [0.1, 0.15) is 34.6 Å². The standard InChI is InChI=1S/C12H19N/c1-7-8-12(10(4)5)13-11(6)9(2)3/h1,8-10H,2-6H3/b12-8-,13-11?. The molecule has 0 radical (unpaired) electrons. The number of nitrogens with zero attached hydrogens (tertiary/aromatic N) is 1. The molecular weight excluding hydrogens is 158 g/mol. The molecule has 0 spiro atoms. The number of hydrogen-bond acceptors (Lipinski definition) is 1. The van der Waals surface area contributed by atoms with Gasteiger partial charge in [0.25, 0.3) is 0 Å². The molecule has 0 rings (SSSR count). The molecule has 0 aliphatic heterocycles. The lowest BCUT2D eigenvalue weighted by Crippen LogP contribution is -2.04. The Balaban J connectivity index is 4.73. The third kappa shape index (κ3) is 4.52. The first-order chi connectivity index (χ1) is 5.99. The van der Waals surface area contributed by atoms with Gasteiger partial charge in [-0.15, -0.1) is 6.42 Å². The van der Waals surface area contributed by atoms with Crippen molar-refractivity contribution in [2.24, 2.45) is 16.8 Å². The van der Waals surface area contributed by atoms with E-state index in [-0.39, 0.29) is 0 Å². The minimum absolute atomic E-state index is 0.393. The summed E-state index contributed by atoms with van der Waals surface area (Å²) >= 11 is 0. The molecule has 0 fully saturated rings. The zero-order valence-electron chi connectivity index (χ0n) is 9.26. The van der Waals surface area contributed by atoms with Crippen LogP contribution in [0.2, 0.25) is 0 Å². The van der Waals surface area contributed by atoms with E-state index in [2.05, 4.69) is 38.6 Å². The van der Waals surface area contributed by atoms with Crippen LogP contribution in [0.15, 0.2) is 16.8 Å². The van der Waals surface area contributed by atoms with E-state index >= 15 is 0 Å². The predicted molar refractivity (Wildman–Crippen MR) is 59.7 cm³/mol. The highest BCUT2D eigenvalue weighted by Crippen LogP contribution is 2.12.